The maximum atomic E-state index is 5.95. The van der Waals surface area contributed by atoms with Gasteiger partial charge >= 0.3 is 0 Å². The maximum Gasteiger partial charge on any atom is 0.126 e. The molecule has 0 saturated heterocycles. The smallest absolute Gasteiger partial charge is 0.126 e. The van der Waals surface area contributed by atoms with E-state index < -0.39 is 0 Å². The summed E-state index contributed by atoms with van der Waals surface area (Å²) in [6.45, 7) is 0. The van der Waals surface area contributed by atoms with E-state index in [0.717, 1.165) is 30.8 Å². The van der Waals surface area contributed by atoms with Crippen LogP contribution in [0, 0.1) is 0 Å². The lowest BCUT2D eigenvalue weighted by Gasteiger charge is -2.23. The molecule has 0 aromatic heterocycles. The van der Waals surface area contributed by atoms with Crippen LogP contribution in [0.5, 0.6) is 11.5 Å². The van der Waals surface area contributed by atoms with Gasteiger partial charge in [-0.05, 0) is 36.5 Å². The fourth-order valence-electron chi connectivity index (χ4n) is 2.16. The molecular weight excluding hydrogens is 190 g/mol. The predicted octanol–water partition coefficient (Wildman–Crippen LogP) is 1.52. The summed E-state index contributed by atoms with van der Waals surface area (Å²) >= 11 is 0. The zero-order valence-corrected chi connectivity index (χ0v) is 9.25. The molecule has 0 bridgehead atoms. The SMILES string of the molecule is COc1cc2c(c(OC)c1)CC[C@@H](N)C2. The first kappa shape index (κ1) is 10.3. The van der Waals surface area contributed by atoms with Gasteiger partial charge in [0.1, 0.15) is 11.5 Å². The normalized spacial score (nSPS) is 19.5. The number of hydrogen-bond donors (Lipinski definition) is 1. The minimum Gasteiger partial charge on any atom is -0.497 e. The van der Waals surface area contributed by atoms with Crippen LogP contribution in [0.25, 0.3) is 0 Å². The third-order valence-electron chi connectivity index (χ3n) is 2.98. The van der Waals surface area contributed by atoms with Crippen LogP contribution in [0.2, 0.25) is 0 Å². The number of rotatable bonds is 2. The summed E-state index contributed by atoms with van der Waals surface area (Å²) < 4.78 is 10.6. The predicted molar refractivity (Wildman–Crippen MR) is 59.5 cm³/mol. The fraction of sp³-hybridized carbons (Fsp3) is 0.500. The Kier molecular flexibility index (Phi) is 2.82. The molecule has 2 N–H and O–H groups in total. The number of nitrogens with two attached hydrogens (primary N) is 1. The van der Waals surface area contributed by atoms with Crippen molar-refractivity contribution in [2.45, 2.75) is 25.3 Å². The lowest BCUT2D eigenvalue weighted by molar-refractivity contribution is 0.386. The minimum absolute atomic E-state index is 0.273. The molecule has 0 saturated carbocycles. The molecule has 0 spiro atoms. The lowest BCUT2D eigenvalue weighted by atomic mass is 9.88. The third kappa shape index (κ3) is 1.92. The molecule has 1 atom stereocenters. The van der Waals surface area contributed by atoms with Crippen molar-refractivity contribution in [3.63, 3.8) is 0 Å². The summed E-state index contributed by atoms with van der Waals surface area (Å²) in [5.41, 5.74) is 8.51. The van der Waals surface area contributed by atoms with Crippen molar-refractivity contribution in [3.05, 3.63) is 23.3 Å². The largest absolute Gasteiger partial charge is 0.497 e. The second kappa shape index (κ2) is 4.11. The Hall–Kier alpha value is -1.22. The number of methoxy groups -OCH3 is 2. The molecule has 82 valence electrons. The molecule has 1 aromatic carbocycles. The Balaban J connectivity index is 2.44. The van der Waals surface area contributed by atoms with Crippen LogP contribution in [-0.4, -0.2) is 20.3 Å². The molecule has 1 aliphatic carbocycles. The van der Waals surface area contributed by atoms with Crippen molar-refractivity contribution in [2.24, 2.45) is 5.73 Å². The molecule has 1 aliphatic rings. The Bertz CT molecular complexity index is 363. The first-order chi connectivity index (χ1) is 7.24. The quantitative estimate of drug-likeness (QED) is 0.799. The van der Waals surface area contributed by atoms with Crippen molar-refractivity contribution < 1.29 is 9.47 Å². The van der Waals surface area contributed by atoms with E-state index in [1.807, 2.05) is 6.07 Å². The van der Waals surface area contributed by atoms with E-state index >= 15 is 0 Å². The van der Waals surface area contributed by atoms with Gasteiger partial charge < -0.3 is 15.2 Å². The molecule has 0 fully saturated rings. The van der Waals surface area contributed by atoms with Gasteiger partial charge in [-0.1, -0.05) is 0 Å². The van der Waals surface area contributed by atoms with E-state index in [2.05, 4.69) is 6.07 Å². The monoisotopic (exact) mass is 207 g/mol. The van der Waals surface area contributed by atoms with Gasteiger partial charge in [0.2, 0.25) is 0 Å². The summed E-state index contributed by atoms with van der Waals surface area (Å²) in [5, 5.41) is 0. The number of benzene rings is 1. The lowest BCUT2D eigenvalue weighted by Crippen LogP contribution is -2.28. The van der Waals surface area contributed by atoms with Gasteiger partial charge in [0.25, 0.3) is 0 Å². The van der Waals surface area contributed by atoms with Gasteiger partial charge in [0.05, 0.1) is 14.2 Å². The minimum atomic E-state index is 0.273. The molecule has 0 aliphatic heterocycles. The highest BCUT2D eigenvalue weighted by Gasteiger charge is 2.19. The second-order valence-electron chi connectivity index (χ2n) is 3.97. The van der Waals surface area contributed by atoms with E-state index in [4.69, 9.17) is 15.2 Å². The van der Waals surface area contributed by atoms with Crippen LogP contribution in [-0.2, 0) is 12.8 Å². The van der Waals surface area contributed by atoms with E-state index in [1.54, 1.807) is 14.2 Å². The second-order valence-corrected chi connectivity index (χ2v) is 3.97. The van der Waals surface area contributed by atoms with Crippen molar-refractivity contribution in [1.29, 1.82) is 0 Å². The van der Waals surface area contributed by atoms with Gasteiger partial charge in [0.15, 0.2) is 0 Å². The molecule has 1 aromatic rings. The van der Waals surface area contributed by atoms with Crippen LogP contribution in [0.4, 0.5) is 0 Å². The average Bonchev–Trinajstić information content (AvgIpc) is 2.26. The number of hydrogen-bond acceptors (Lipinski definition) is 3. The topological polar surface area (TPSA) is 44.5 Å². The highest BCUT2D eigenvalue weighted by molar-refractivity contribution is 5.48. The van der Waals surface area contributed by atoms with Gasteiger partial charge in [-0.2, -0.15) is 0 Å². The molecule has 0 heterocycles. The van der Waals surface area contributed by atoms with Crippen LogP contribution >= 0.6 is 0 Å². The Labute approximate surface area is 90.2 Å². The van der Waals surface area contributed by atoms with Crippen molar-refractivity contribution in [3.8, 4) is 11.5 Å². The molecule has 2 rings (SSSR count). The first-order valence-corrected chi connectivity index (χ1v) is 5.24. The zero-order valence-electron chi connectivity index (χ0n) is 9.25. The molecule has 0 unspecified atom stereocenters. The zero-order chi connectivity index (χ0) is 10.8. The van der Waals surface area contributed by atoms with Crippen LogP contribution in [0.3, 0.4) is 0 Å². The highest BCUT2D eigenvalue weighted by Crippen LogP contribution is 2.33. The van der Waals surface area contributed by atoms with Gasteiger partial charge in [-0.15, -0.1) is 0 Å². The van der Waals surface area contributed by atoms with Crippen LogP contribution in [0.15, 0.2) is 12.1 Å². The summed E-state index contributed by atoms with van der Waals surface area (Å²) in [4.78, 5) is 0. The van der Waals surface area contributed by atoms with Crippen LogP contribution < -0.4 is 15.2 Å². The number of fused-ring (bicyclic) bond motifs is 1. The standard InChI is InChI=1S/C12H17NO2/c1-14-10-6-8-5-9(13)3-4-11(8)12(7-10)15-2/h6-7,9H,3-5,13H2,1-2H3/t9-/m1/s1. The average molecular weight is 207 g/mol. The molecule has 0 radical (unpaired) electrons. The highest BCUT2D eigenvalue weighted by atomic mass is 16.5. The Morgan fingerprint density at radius 1 is 1.27 bits per heavy atom. The third-order valence-corrected chi connectivity index (χ3v) is 2.98. The fourth-order valence-corrected chi connectivity index (χ4v) is 2.16. The van der Waals surface area contributed by atoms with E-state index in [9.17, 15) is 0 Å². The van der Waals surface area contributed by atoms with Crippen molar-refractivity contribution in [1.82, 2.24) is 0 Å². The Morgan fingerprint density at radius 3 is 2.73 bits per heavy atom. The van der Waals surface area contributed by atoms with Crippen molar-refractivity contribution >= 4 is 0 Å². The summed E-state index contributed by atoms with van der Waals surface area (Å²) in [5.74, 6) is 1.77. The summed E-state index contributed by atoms with van der Waals surface area (Å²) in [6.07, 6.45) is 2.96. The molecule has 0 amide bonds. The van der Waals surface area contributed by atoms with Crippen molar-refractivity contribution in [2.75, 3.05) is 14.2 Å². The molecule has 3 heteroatoms. The Morgan fingerprint density at radius 2 is 2.07 bits per heavy atom. The summed E-state index contributed by atoms with van der Waals surface area (Å²) in [6, 6.07) is 4.28. The van der Waals surface area contributed by atoms with Gasteiger partial charge in [0, 0.05) is 12.1 Å². The van der Waals surface area contributed by atoms with E-state index in [1.165, 1.54) is 11.1 Å². The van der Waals surface area contributed by atoms with Gasteiger partial charge in [-0.3, -0.25) is 0 Å². The maximum absolute atomic E-state index is 5.95. The first-order valence-electron chi connectivity index (χ1n) is 5.24. The van der Waals surface area contributed by atoms with Gasteiger partial charge in [-0.25, -0.2) is 0 Å². The van der Waals surface area contributed by atoms with E-state index in [0.29, 0.717) is 0 Å². The molecule has 3 nitrogen and oxygen atoms in total. The number of ether oxygens (including phenoxy) is 2. The van der Waals surface area contributed by atoms with Crippen LogP contribution in [0.1, 0.15) is 17.5 Å². The summed E-state index contributed by atoms with van der Waals surface area (Å²) in [7, 11) is 3.37. The van der Waals surface area contributed by atoms with E-state index in [-0.39, 0.29) is 6.04 Å². The molecular formula is C12H17NO2. The molecule has 15 heavy (non-hydrogen) atoms.